The van der Waals surface area contributed by atoms with Crippen LogP contribution in [0.4, 0.5) is 0 Å². The third-order valence-electron chi connectivity index (χ3n) is 3.70. The molecule has 0 aliphatic carbocycles. The van der Waals surface area contributed by atoms with Crippen molar-refractivity contribution in [1.29, 1.82) is 0 Å². The molecule has 3 rings (SSSR count). The van der Waals surface area contributed by atoms with Gasteiger partial charge in [0.2, 0.25) is 5.79 Å². The molecule has 3 aliphatic heterocycles. The molecule has 0 aromatic heterocycles. The van der Waals surface area contributed by atoms with E-state index in [2.05, 4.69) is 0 Å². The summed E-state index contributed by atoms with van der Waals surface area (Å²) in [5.74, 6) is -3.19. The summed E-state index contributed by atoms with van der Waals surface area (Å²) in [5, 5.41) is 4.89. The minimum atomic E-state index is -4.14. The molecule has 3 aliphatic rings. The summed E-state index contributed by atoms with van der Waals surface area (Å²) in [6.45, 7) is 6.71. The van der Waals surface area contributed by atoms with Gasteiger partial charge in [-0.3, -0.25) is 4.18 Å². The predicted octanol–water partition coefficient (Wildman–Crippen LogP) is -1.31. The van der Waals surface area contributed by atoms with Crippen molar-refractivity contribution in [3.05, 3.63) is 0 Å². The molecule has 0 amide bonds. The Morgan fingerprint density at radius 2 is 1.78 bits per heavy atom. The number of nitrogens with two attached hydrogens (primary N) is 1. The fourth-order valence-corrected chi connectivity index (χ4v) is 3.44. The Bertz CT molecular complexity index is 567. The maximum atomic E-state index is 11.1. The van der Waals surface area contributed by atoms with Crippen molar-refractivity contribution < 1.29 is 36.3 Å². The molecule has 11 heteroatoms. The topological polar surface area (TPSA) is 116 Å². The van der Waals surface area contributed by atoms with Crippen molar-refractivity contribution in [1.82, 2.24) is 0 Å². The number of ether oxygens (including phenoxy) is 5. The highest BCUT2D eigenvalue weighted by Crippen LogP contribution is 2.47. The standard InChI is InChI=1S/C12H21NO8S.Mg.2H/c1-10(2)18-7-5-16-12(6-17-22(13,14)15)9(8(7)19-10)20-11(3,4)21-12;;;/h7-9H,5-6H2,1-4H3,(H2,13,14,15);;;/t7-,8-,9+,12+;;;/m1.../s1. The van der Waals surface area contributed by atoms with Crippen molar-refractivity contribution in [3.63, 3.8) is 0 Å². The summed E-state index contributed by atoms with van der Waals surface area (Å²) in [6, 6.07) is 0. The van der Waals surface area contributed by atoms with Crippen LogP contribution in [0.15, 0.2) is 0 Å². The van der Waals surface area contributed by atoms with Gasteiger partial charge in [-0.15, -0.1) is 0 Å². The van der Waals surface area contributed by atoms with E-state index in [1.807, 2.05) is 0 Å². The van der Waals surface area contributed by atoms with Crippen molar-refractivity contribution in [3.8, 4) is 0 Å². The predicted molar refractivity (Wildman–Crippen MR) is 80.1 cm³/mol. The Morgan fingerprint density at radius 1 is 1.13 bits per heavy atom. The lowest BCUT2D eigenvalue weighted by atomic mass is 9.98. The van der Waals surface area contributed by atoms with Crippen molar-refractivity contribution in [2.75, 3.05) is 13.2 Å². The molecule has 23 heavy (non-hydrogen) atoms. The molecule has 2 N–H and O–H groups in total. The summed E-state index contributed by atoms with van der Waals surface area (Å²) < 4.78 is 55.9. The lowest BCUT2D eigenvalue weighted by Gasteiger charge is -2.40. The molecule has 3 heterocycles. The Hall–Kier alpha value is 0.436. The molecule has 0 unspecified atom stereocenters. The van der Waals surface area contributed by atoms with Crippen LogP contribution in [0.25, 0.3) is 0 Å². The zero-order valence-corrected chi connectivity index (χ0v) is 13.7. The fraction of sp³-hybridized carbons (Fsp3) is 1.00. The average Bonchev–Trinajstić information content (AvgIpc) is 2.78. The van der Waals surface area contributed by atoms with Crippen LogP contribution in [-0.4, -0.2) is 80.4 Å². The maximum Gasteiger partial charge on any atom is 0.333 e. The first kappa shape index (κ1) is 19.8. The minimum absolute atomic E-state index is 0. The molecule has 3 fully saturated rings. The first-order chi connectivity index (χ1) is 9.92. The van der Waals surface area contributed by atoms with E-state index in [4.69, 9.17) is 33.0 Å². The second-order valence-electron chi connectivity index (χ2n) is 6.56. The molecular weight excluding hydrogens is 343 g/mol. The molecular formula is C12H23MgNO8S. The molecule has 0 aromatic rings. The average molecular weight is 366 g/mol. The molecule has 4 atom stereocenters. The van der Waals surface area contributed by atoms with E-state index < -0.39 is 46.5 Å². The van der Waals surface area contributed by atoms with Gasteiger partial charge in [0.1, 0.15) is 24.9 Å². The molecule has 0 aromatic carbocycles. The Morgan fingerprint density at radius 3 is 2.39 bits per heavy atom. The zero-order valence-electron chi connectivity index (χ0n) is 12.9. The van der Waals surface area contributed by atoms with Crippen LogP contribution < -0.4 is 5.14 Å². The van der Waals surface area contributed by atoms with Gasteiger partial charge in [-0.2, -0.15) is 8.42 Å². The van der Waals surface area contributed by atoms with Gasteiger partial charge in [0.15, 0.2) is 11.6 Å². The monoisotopic (exact) mass is 365 g/mol. The normalized spacial score (nSPS) is 41.0. The van der Waals surface area contributed by atoms with E-state index in [0.29, 0.717) is 0 Å². The summed E-state index contributed by atoms with van der Waals surface area (Å²) in [4.78, 5) is 0. The smallest absolute Gasteiger partial charge is 0.333 e. The molecule has 0 bridgehead atoms. The van der Waals surface area contributed by atoms with Gasteiger partial charge in [-0.25, -0.2) is 5.14 Å². The molecule has 9 nitrogen and oxygen atoms in total. The third kappa shape index (κ3) is 3.99. The van der Waals surface area contributed by atoms with E-state index in [9.17, 15) is 8.42 Å². The van der Waals surface area contributed by atoms with Gasteiger partial charge in [-0.1, -0.05) is 0 Å². The van der Waals surface area contributed by atoms with Gasteiger partial charge in [0, 0.05) is 0 Å². The van der Waals surface area contributed by atoms with Gasteiger partial charge < -0.3 is 23.7 Å². The van der Waals surface area contributed by atoms with E-state index >= 15 is 0 Å². The highest BCUT2D eigenvalue weighted by Gasteiger charge is 2.65. The Balaban J connectivity index is 0.00000192. The van der Waals surface area contributed by atoms with Gasteiger partial charge in [0.05, 0.1) is 6.61 Å². The van der Waals surface area contributed by atoms with E-state index in [1.54, 1.807) is 27.7 Å². The lowest BCUT2D eigenvalue weighted by molar-refractivity contribution is -0.290. The number of hydrogen-bond acceptors (Lipinski definition) is 8. The number of fused-ring (bicyclic) bond motifs is 3. The molecule has 3 saturated heterocycles. The summed E-state index contributed by atoms with van der Waals surface area (Å²) >= 11 is 0. The lowest BCUT2D eigenvalue weighted by Crippen LogP contribution is -2.60. The van der Waals surface area contributed by atoms with Crippen LogP contribution in [0.2, 0.25) is 0 Å². The summed E-state index contributed by atoms with van der Waals surface area (Å²) in [6.07, 6.45) is -1.50. The summed E-state index contributed by atoms with van der Waals surface area (Å²) in [7, 11) is -4.14. The van der Waals surface area contributed by atoms with E-state index in [1.165, 1.54) is 0 Å². The van der Waals surface area contributed by atoms with Gasteiger partial charge in [-0.05, 0) is 27.7 Å². The largest absolute Gasteiger partial charge is 0.343 e. The van der Waals surface area contributed by atoms with Crippen LogP contribution in [0.3, 0.4) is 0 Å². The van der Waals surface area contributed by atoms with Crippen LogP contribution in [0.1, 0.15) is 27.7 Å². The second-order valence-corrected chi connectivity index (χ2v) is 7.78. The van der Waals surface area contributed by atoms with Gasteiger partial charge >= 0.3 is 33.4 Å². The first-order valence-corrected chi connectivity index (χ1v) is 8.43. The second kappa shape index (κ2) is 6.00. The molecule has 0 spiro atoms. The van der Waals surface area contributed by atoms with Gasteiger partial charge in [0.25, 0.3) is 0 Å². The first-order valence-electron chi connectivity index (χ1n) is 6.96. The van der Waals surface area contributed by atoms with Crippen molar-refractivity contribution in [2.45, 2.75) is 63.4 Å². The minimum Gasteiger partial charge on any atom is -0.343 e. The highest BCUT2D eigenvalue weighted by atomic mass is 32.2. The number of rotatable bonds is 3. The van der Waals surface area contributed by atoms with Crippen molar-refractivity contribution in [2.24, 2.45) is 5.14 Å². The SMILES string of the molecule is CC1(C)O[C@@H]2[C@@H](CO[C@@]3(COS(N)(=O)=O)OC(C)(C)O[C@@H]23)O1.[MgH2]. The third-order valence-corrected chi connectivity index (χ3v) is 4.15. The van der Waals surface area contributed by atoms with Crippen LogP contribution in [0, 0.1) is 0 Å². The Kier molecular flexibility index (Phi) is 5.16. The number of hydrogen-bond donors (Lipinski definition) is 1. The zero-order chi connectivity index (χ0) is 16.4. The molecule has 0 saturated carbocycles. The van der Waals surface area contributed by atoms with Crippen molar-refractivity contribution >= 4 is 33.4 Å². The summed E-state index contributed by atoms with van der Waals surface area (Å²) in [5.41, 5.74) is 0. The van der Waals surface area contributed by atoms with Crippen LogP contribution in [-0.2, 0) is 38.2 Å². The highest BCUT2D eigenvalue weighted by molar-refractivity contribution is 7.84. The maximum absolute atomic E-state index is 11.1. The quantitative estimate of drug-likeness (QED) is 0.613. The van der Waals surface area contributed by atoms with Crippen LogP contribution >= 0.6 is 0 Å². The molecule has 132 valence electrons. The van der Waals surface area contributed by atoms with E-state index in [0.717, 1.165) is 0 Å². The van der Waals surface area contributed by atoms with E-state index in [-0.39, 0.29) is 35.8 Å². The fourth-order valence-electron chi connectivity index (χ4n) is 3.11. The molecule has 0 radical (unpaired) electrons. The van der Waals surface area contributed by atoms with Crippen LogP contribution in [0.5, 0.6) is 0 Å². The Labute approximate surface area is 151 Å².